The van der Waals surface area contributed by atoms with Crippen LogP contribution in [0.15, 0.2) is 102 Å². The Balaban J connectivity index is 1.56. The molecule has 1 aromatic heterocycles. The predicted molar refractivity (Wildman–Crippen MR) is 181 cm³/mol. The number of carboxylic acids is 1. The first kappa shape index (κ1) is 35.2. The minimum atomic E-state index is -3.75. The van der Waals surface area contributed by atoms with E-state index in [0.717, 1.165) is 11.1 Å². The number of ketones is 1. The Labute approximate surface area is 274 Å². The average molecular weight is 658 g/mol. The van der Waals surface area contributed by atoms with E-state index >= 15 is 0 Å². The molecule has 47 heavy (non-hydrogen) atoms. The van der Waals surface area contributed by atoms with Crippen molar-refractivity contribution < 1.29 is 28.6 Å². The number of benzene rings is 3. The molecule has 1 amide bonds. The molecule has 0 fully saturated rings. The Bertz CT molecular complexity index is 1770. The molecule has 1 heterocycles. The number of carbonyl (C=O) groups excluding carboxylic acids is 2. The molecule has 2 N–H and O–H groups in total. The van der Waals surface area contributed by atoms with E-state index in [1.165, 1.54) is 16.9 Å². The molecular weight excluding hydrogens is 617 g/mol. The molecule has 3 aromatic carbocycles. The lowest BCUT2D eigenvalue weighted by Crippen LogP contribution is -2.46. The summed E-state index contributed by atoms with van der Waals surface area (Å²) in [5.74, 6) is -3.77. The molecule has 4 aromatic rings. The van der Waals surface area contributed by atoms with Crippen LogP contribution in [-0.4, -0.2) is 45.2 Å². The van der Waals surface area contributed by atoms with Gasteiger partial charge in [0.05, 0.1) is 18.9 Å². The van der Waals surface area contributed by atoms with Gasteiger partial charge in [0.25, 0.3) is 12.9 Å². The summed E-state index contributed by atoms with van der Waals surface area (Å²) in [7, 11) is -3.75. The zero-order valence-electron chi connectivity index (χ0n) is 27.0. The van der Waals surface area contributed by atoms with Crippen LogP contribution in [0.4, 0.5) is 0 Å². The zero-order valence-corrected chi connectivity index (χ0v) is 27.9. The lowest BCUT2D eigenvalue weighted by atomic mass is 9.84. The van der Waals surface area contributed by atoms with Gasteiger partial charge >= 0.3 is 5.97 Å². The van der Waals surface area contributed by atoms with Crippen molar-refractivity contribution in [1.82, 2.24) is 15.1 Å². The van der Waals surface area contributed by atoms with Crippen molar-refractivity contribution in [3.63, 3.8) is 0 Å². The zero-order chi connectivity index (χ0) is 34.2. The van der Waals surface area contributed by atoms with Gasteiger partial charge < -0.3 is 14.9 Å². The Kier molecular flexibility index (Phi) is 11.4. The fraction of sp³-hybridized carbons (Fsp3) is 0.306. The van der Waals surface area contributed by atoms with E-state index in [2.05, 4.69) is 31.2 Å². The Morgan fingerprint density at radius 3 is 2.04 bits per heavy atom. The maximum Gasteiger partial charge on any atom is 0.305 e. The van der Waals surface area contributed by atoms with Crippen LogP contribution in [0, 0.1) is 0 Å². The van der Waals surface area contributed by atoms with Crippen molar-refractivity contribution in [3.8, 4) is 0 Å². The van der Waals surface area contributed by atoms with Gasteiger partial charge in [-0.2, -0.15) is 5.10 Å². The minimum Gasteiger partial charge on any atom is -0.481 e. The number of Topliss-reactive ketones (excluding diaryl/α,β-unsaturated/α-hetero) is 1. The van der Waals surface area contributed by atoms with Crippen LogP contribution in [-0.2, 0) is 35.4 Å². The van der Waals surface area contributed by atoms with Gasteiger partial charge in [-0.3, -0.25) is 23.7 Å². The number of carbonyl (C=O) groups is 3. The number of aliphatic carboxylic acids is 1. The molecule has 4 rings (SSSR count). The van der Waals surface area contributed by atoms with Gasteiger partial charge in [-0.05, 0) is 53.3 Å². The summed E-state index contributed by atoms with van der Waals surface area (Å²) in [5.41, 5.74) is 1.51. The normalized spacial score (nSPS) is 13.0. The molecule has 2 atom stereocenters. The third-order valence-electron chi connectivity index (χ3n) is 7.85. The number of carboxylic acid groups (broad SMARTS) is 1. The van der Waals surface area contributed by atoms with E-state index in [1.54, 1.807) is 67.6 Å². The van der Waals surface area contributed by atoms with Gasteiger partial charge in [-0.15, -0.1) is 0 Å². The summed E-state index contributed by atoms with van der Waals surface area (Å²) in [6.45, 7) is 7.44. The van der Waals surface area contributed by atoms with Crippen molar-refractivity contribution in [2.24, 2.45) is 0 Å². The van der Waals surface area contributed by atoms with Crippen molar-refractivity contribution in [3.05, 3.63) is 124 Å². The molecule has 0 spiro atoms. The predicted octanol–water partition coefficient (Wildman–Crippen LogP) is 4.56. The van der Waals surface area contributed by atoms with E-state index in [-0.39, 0.29) is 23.9 Å². The molecule has 11 heteroatoms. The van der Waals surface area contributed by atoms with E-state index in [4.69, 9.17) is 4.52 Å². The SMILES string of the molecule is CCC(C(=O)NC(CC(=O)O)C(=O)COP(=O)(c1ccccc1)c1ccccc1)c1ccnn(Cc2ccccc2C(C)(C)C)c1=O. The first-order valence-corrected chi connectivity index (χ1v) is 17.0. The lowest BCUT2D eigenvalue weighted by Gasteiger charge is -2.24. The summed E-state index contributed by atoms with van der Waals surface area (Å²) < 4.78 is 21.3. The largest absolute Gasteiger partial charge is 0.481 e. The summed E-state index contributed by atoms with van der Waals surface area (Å²) in [6, 6.07) is 24.6. The summed E-state index contributed by atoms with van der Waals surface area (Å²) in [4.78, 5) is 52.4. The first-order chi connectivity index (χ1) is 22.3. The standard InChI is InChI=1S/C36H40N3O7P/c1-5-28(29-20-21-37-39(35(29)44)23-25-14-12-13-19-30(25)36(2,3)4)34(43)38-31(22-33(41)42)32(40)24-46-47(45,26-15-8-6-9-16-26)27-17-10-7-11-18-27/h6-21,28,31H,5,22-24H2,1-4H3,(H,38,43)(H,41,42). The fourth-order valence-electron chi connectivity index (χ4n) is 5.44. The lowest BCUT2D eigenvalue weighted by molar-refractivity contribution is -0.140. The van der Waals surface area contributed by atoms with Gasteiger partial charge in [0, 0.05) is 22.4 Å². The average Bonchev–Trinajstić information content (AvgIpc) is 3.05. The van der Waals surface area contributed by atoms with Crippen LogP contribution in [0.5, 0.6) is 0 Å². The number of hydrogen-bond donors (Lipinski definition) is 2. The second kappa shape index (κ2) is 15.3. The summed E-state index contributed by atoms with van der Waals surface area (Å²) >= 11 is 0. The molecule has 0 saturated carbocycles. The Morgan fingerprint density at radius 1 is 0.915 bits per heavy atom. The molecule has 246 valence electrons. The van der Waals surface area contributed by atoms with Crippen LogP contribution >= 0.6 is 7.37 Å². The van der Waals surface area contributed by atoms with Gasteiger partial charge in [0.1, 0.15) is 12.6 Å². The van der Waals surface area contributed by atoms with Crippen molar-refractivity contribution in [2.75, 3.05) is 6.61 Å². The highest BCUT2D eigenvalue weighted by Crippen LogP contribution is 2.44. The third kappa shape index (κ3) is 8.58. The van der Waals surface area contributed by atoms with Gasteiger partial charge in [-0.1, -0.05) is 88.4 Å². The van der Waals surface area contributed by atoms with E-state index in [1.807, 2.05) is 24.3 Å². The third-order valence-corrected chi connectivity index (χ3v) is 10.3. The number of aromatic nitrogens is 2. The minimum absolute atomic E-state index is 0.170. The first-order valence-electron chi connectivity index (χ1n) is 15.4. The molecule has 0 aliphatic rings. The van der Waals surface area contributed by atoms with Crippen molar-refractivity contribution in [1.29, 1.82) is 0 Å². The number of hydrogen-bond acceptors (Lipinski definition) is 7. The maximum atomic E-state index is 14.2. The van der Waals surface area contributed by atoms with E-state index in [9.17, 15) is 28.8 Å². The summed E-state index contributed by atoms with van der Waals surface area (Å²) in [6.07, 6.45) is 0.922. The summed E-state index contributed by atoms with van der Waals surface area (Å²) in [5, 5.41) is 17.1. The molecule has 2 unspecified atom stereocenters. The van der Waals surface area contributed by atoms with Gasteiger partial charge in [0.2, 0.25) is 5.91 Å². The molecule has 0 radical (unpaired) electrons. The molecule has 0 aliphatic carbocycles. The quantitative estimate of drug-likeness (QED) is 0.188. The highest BCUT2D eigenvalue weighted by Gasteiger charge is 2.33. The number of amides is 1. The van der Waals surface area contributed by atoms with Gasteiger partial charge in [0.15, 0.2) is 5.78 Å². The highest BCUT2D eigenvalue weighted by molar-refractivity contribution is 7.74. The maximum absolute atomic E-state index is 14.2. The number of nitrogens with one attached hydrogen (secondary N) is 1. The molecule has 0 saturated heterocycles. The van der Waals surface area contributed by atoms with Crippen LogP contribution in [0.1, 0.15) is 63.1 Å². The second-order valence-corrected chi connectivity index (χ2v) is 14.6. The molecule has 0 bridgehead atoms. The van der Waals surface area contributed by atoms with Crippen LogP contribution in [0.2, 0.25) is 0 Å². The highest BCUT2D eigenvalue weighted by atomic mass is 31.2. The molecule has 10 nitrogen and oxygen atoms in total. The van der Waals surface area contributed by atoms with Crippen LogP contribution in [0.3, 0.4) is 0 Å². The van der Waals surface area contributed by atoms with Crippen molar-refractivity contribution >= 4 is 35.6 Å². The van der Waals surface area contributed by atoms with E-state index < -0.39 is 55.6 Å². The fourth-order valence-corrected chi connectivity index (χ4v) is 7.47. The topological polar surface area (TPSA) is 145 Å². The number of rotatable bonds is 14. The Morgan fingerprint density at radius 2 is 1.49 bits per heavy atom. The van der Waals surface area contributed by atoms with Gasteiger partial charge in [-0.25, -0.2) is 4.68 Å². The number of nitrogens with zero attached hydrogens (tertiary/aromatic N) is 2. The molecular formula is C36H40N3O7P. The van der Waals surface area contributed by atoms with Crippen molar-refractivity contribution in [2.45, 2.75) is 64.5 Å². The second-order valence-electron chi connectivity index (χ2n) is 12.2. The monoisotopic (exact) mass is 657 g/mol. The van der Waals surface area contributed by atoms with E-state index in [0.29, 0.717) is 10.6 Å². The van der Waals surface area contributed by atoms with Crippen LogP contribution in [0.25, 0.3) is 0 Å². The smallest absolute Gasteiger partial charge is 0.305 e. The molecule has 0 aliphatic heterocycles. The van der Waals surface area contributed by atoms with Crippen LogP contribution < -0.4 is 21.5 Å². The Hall–Kier alpha value is -4.66.